The molecule has 2 amide bonds. The third-order valence-corrected chi connectivity index (χ3v) is 3.69. The van der Waals surface area contributed by atoms with Gasteiger partial charge in [0, 0.05) is 6.54 Å². The van der Waals surface area contributed by atoms with E-state index in [0.29, 0.717) is 6.54 Å². The molecule has 4 nitrogen and oxygen atoms in total. The van der Waals surface area contributed by atoms with E-state index in [0.717, 1.165) is 22.1 Å². The van der Waals surface area contributed by atoms with E-state index in [1.54, 1.807) is 19.2 Å². The first kappa shape index (κ1) is 15.8. The van der Waals surface area contributed by atoms with Crippen LogP contribution in [0.1, 0.15) is 5.56 Å². The molecule has 0 heterocycles. The lowest BCUT2D eigenvalue weighted by atomic mass is 10.1. The van der Waals surface area contributed by atoms with Crippen molar-refractivity contribution < 1.29 is 13.9 Å². The number of rotatable bonds is 4. The van der Waals surface area contributed by atoms with Crippen molar-refractivity contribution in [3.63, 3.8) is 0 Å². The molecule has 0 saturated carbocycles. The number of benzene rings is 3. The summed E-state index contributed by atoms with van der Waals surface area (Å²) in [4.78, 5) is 11.9. The number of carbonyl (C=O) groups excluding carboxylic acids is 1. The van der Waals surface area contributed by atoms with E-state index in [-0.39, 0.29) is 5.69 Å². The fraction of sp³-hybridized carbons (Fsp3) is 0.105. The van der Waals surface area contributed by atoms with Crippen LogP contribution in [0.5, 0.6) is 5.75 Å². The summed E-state index contributed by atoms with van der Waals surface area (Å²) in [5, 5.41) is 7.34. The fourth-order valence-corrected chi connectivity index (χ4v) is 2.42. The molecule has 0 aromatic heterocycles. The third-order valence-electron chi connectivity index (χ3n) is 3.69. The summed E-state index contributed by atoms with van der Waals surface area (Å²) in [7, 11) is 1.63. The Bertz CT molecular complexity index is 880. The van der Waals surface area contributed by atoms with Crippen LogP contribution in [0.2, 0.25) is 0 Å². The van der Waals surface area contributed by atoms with Crippen LogP contribution in [-0.4, -0.2) is 13.1 Å². The highest BCUT2D eigenvalue weighted by atomic mass is 19.1. The topological polar surface area (TPSA) is 50.4 Å². The first-order valence-electron chi connectivity index (χ1n) is 7.52. The van der Waals surface area contributed by atoms with Crippen molar-refractivity contribution in [2.24, 2.45) is 0 Å². The number of carbonyl (C=O) groups is 1. The molecule has 3 aromatic carbocycles. The second kappa shape index (κ2) is 7.00. The Kier molecular flexibility index (Phi) is 4.61. The van der Waals surface area contributed by atoms with Gasteiger partial charge in [0.1, 0.15) is 11.6 Å². The number of fused-ring (bicyclic) bond motifs is 1. The van der Waals surface area contributed by atoms with Gasteiger partial charge in [0.25, 0.3) is 0 Å². The first-order valence-corrected chi connectivity index (χ1v) is 7.52. The van der Waals surface area contributed by atoms with Gasteiger partial charge in [0.05, 0.1) is 12.8 Å². The van der Waals surface area contributed by atoms with Crippen molar-refractivity contribution in [3.05, 3.63) is 72.0 Å². The van der Waals surface area contributed by atoms with Gasteiger partial charge in [0.2, 0.25) is 0 Å². The van der Waals surface area contributed by atoms with Crippen LogP contribution in [0.15, 0.2) is 60.7 Å². The van der Waals surface area contributed by atoms with E-state index in [2.05, 4.69) is 10.6 Å². The molecule has 0 spiro atoms. The first-order chi connectivity index (χ1) is 11.7. The van der Waals surface area contributed by atoms with Crippen LogP contribution in [0.3, 0.4) is 0 Å². The van der Waals surface area contributed by atoms with Crippen molar-refractivity contribution >= 4 is 22.5 Å². The number of para-hydroxylation sites is 1. The van der Waals surface area contributed by atoms with E-state index in [1.165, 1.54) is 12.1 Å². The van der Waals surface area contributed by atoms with Gasteiger partial charge in [-0.1, -0.05) is 30.3 Å². The lowest BCUT2D eigenvalue weighted by molar-refractivity contribution is 0.251. The zero-order valence-electron chi connectivity index (χ0n) is 13.2. The smallest absolute Gasteiger partial charge is 0.319 e. The van der Waals surface area contributed by atoms with Crippen LogP contribution >= 0.6 is 0 Å². The second-order valence-electron chi connectivity index (χ2n) is 5.33. The number of urea groups is 1. The molecule has 24 heavy (non-hydrogen) atoms. The number of hydrogen-bond acceptors (Lipinski definition) is 2. The van der Waals surface area contributed by atoms with Crippen molar-refractivity contribution in [3.8, 4) is 5.75 Å². The zero-order valence-corrected chi connectivity index (χ0v) is 13.2. The van der Waals surface area contributed by atoms with Crippen molar-refractivity contribution in [2.75, 3.05) is 12.4 Å². The van der Waals surface area contributed by atoms with Crippen molar-refractivity contribution in [1.29, 1.82) is 0 Å². The predicted octanol–water partition coefficient (Wildman–Crippen LogP) is 4.31. The molecule has 0 aliphatic rings. The van der Waals surface area contributed by atoms with Crippen molar-refractivity contribution in [2.45, 2.75) is 6.54 Å². The van der Waals surface area contributed by atoms with Gasteiger partial charge in [-0.05, 0) is 46.7 Å². The molecule has 0 aliphatic heterocycles. The number of ether oxygens (including phenoxy) is 1. The number of anilines is 1. The SMILES string of the molecule is COc1ccc2cc(CNC(=O)Nc3ccccc3F)ccc2c1. The van der Waals surface area contributed by atoms with Gasteiger partial charge in [-0.3, -0.25) is 0 Å². The summed E-state index contributed by atoms with van der Waals surface area (Å²) in [6.45, 7) is 0.349. The zero-order chi connectivity index (χ0) is 16.9. The lowest BCUT2D eigenvalue weighted by Crippen LogP contribution is -2.28. The number of hydrogen-bond donors (Lipinski definition) is 2. The Morgan fingerprint density at radius 2 is 1.79 bits per heavy atom. The fourth-order valence-electron chi connectivity index (χ4n) is 2.42. The monoisotopic (exact) mass is 324 g/mol. The number of nitrogens with one attached hydrogen (secondary N) is 2. The maximum atomic E-state index is 13.5. The lowest BCUT2D eigenvalue weighted by Gasteiger charge is -2.09. The molecule has 0 unspecified atom stereocenters. The molecule has 0 fully saturated rings. The Balaban J connectivity index is 1.65. The molecule has 3 rings (SSSR count). The summed E-state index contributed by atoms with van der Waals surface area (Å²) < 4.78 is 18.7. The standard InChI is InChI=1S/C19H17FN2O2/c1-24-16-9-8-14-10-13(6-7-15(14)11-16)12-21-19(23)22-18-5-3-2-4-17(18)20/h2-11H,12H2,1H3,(H2,21,22,23). The molecule has 0 radical (unpaired) electrons. The highest BCUT2D eigenvalue weighted by Crippen LogP contribution is 2.21. The normalized spacial score (nSPS) is 10.4. The van der Waals surface area contributed by atoms with Crippen molar-refractivity contribution in [1.82, 2.24) is 5.32 Å². The van der Waals surface area contributed by atoms with Gasteiger partial charge < -0.3 is 15.4 Å². The molecule has 3 aromatic rings. The number of halogens is 1. The average Bonchev–Trinajstić information content (AvgIpc) is 2.61. The van der Waals surface area contributed by atoms with Gasteiger partial charge in [-0.15, -0.1) is 0 Å². The molecular formula is C19H17FN2O2. The number of amides is 2. The minimum Gasteiger partial charge on any atom is -0.497 e. The van der Waals surface area contributed by atoms with Gasteiger partial charge >= 0.3 is 6.03 Å². The highest BCUT2D eigenvalue weighted by Gasteiger charge is 2.06. The van der Waals surface area contributed by atoms with Crippen LogP contribution in [0.4, 0.5) is 14.9 Å². The predicted molar refractivity (Wildman–Crippen MR) is 92.8 cm³/mol. The van der Waals surface area contributed by atoms with Gasteiger partial charge in [0.15, 0.2) is 0 Å². The van der Waals surface area contributed by atoms with Crippen LogP contribution < -0.4 is 15.4 Å². The maximum absolute atomic E-state index is 13.5. The Morgan fingerprint density at radius 1 is 1.04 bits per heavy atom. The molecular weight excluding hydrogens is 307 g/mol. The van der Waals surface area contributed by atoms with Crippen LogP contribution in [0.25, 0.3) is 10.8 Å². The summed E-state index contributed by atoms with van der Waals surface area (Å²) >= 11 is 0. The third kappa shape index (κ3) is 3.63. The van der Waals surface area contributed by atoms with E-state index in [4.69, 9.17) is 4.74 Å². The maximum Gasteiger partial charge on any atom is 0.319 e. The molecule has 5 heteroatoms. The van der Waals surface area contributed by atoms with E-state index in [9.17, 15) is 9.18 Å². The molecule has 0 saturated heterocycles. The van der Waals surface area contributed by atoms with Gasteiger partial charge in [-0.25, -0.2) is 9.18 Å². The summed E-state index contributed by atoms with van der Waals surface area (Å²) in [6.07, 6.45) is 0. The highest BCUT2D eigenvalue weighted by molar-refractivity contribution is 5.89. The molecule has 122 valence electrons. The van der Waals surface area contributed by atoms with Crippen LogP contribution in [0, 0.1) is 5.82 Å². The molecule has 0 bridgehead atoms. The summed E-state index contributed by atoms with van der Waals surface area (Å²) in [6, 6.07) is 17.3. The molecule has 0 aliphatic carbocycles. The Morgan fingerprint density at radius 3 is 2.58 bits per heavy atom. The quantitative estimate of drug-likeness (QED) is 0.751. The van der Waals surface area contributed by atoms with Gasteiger partial charge in [-0.2, -0.15) is 0 Å². The van der Waals surface area contributed by atoms with E-state index in [1.807, 2.05) is 36.4 Å². The summed E-state index contributed by atoms with van der Waals surface area (Å²) in [5.74, 6) is 0.338. The number of methoxy groups -OCH3 is 1. The Hall–Kier alpha value is -3.08. The Labute approximate surface area is 139 Å². The minimum atomic E-state index is -0.465. The molecule has 2 N–H and O–H groups in total. The van der Waals surface area contributed by atoms with E-state index >= 15 is 0 Å². The molecule has 0 atom stereocenters. The largest absolute Gasteiger partial charge is 0.497 e. The second-order valence-corrected chi connectivity index (χ2v) is 5.33. The summed E-state index contributed by atoms with van der Waals surface area (Å²) in [5.41, 5.74) is 1.11. The minimum absolute atomic E-state index is 0.153. The average molecular weight is 324 g/mol. The van der Waals surface area contributed by atoms with Crippen LogP contribution in [-0.2, 0) is 6.54 Å². The van der Waals surface area contributed by atoms with E-state index < -0.39 is 11.8 Å².